The molecule has 0 aliphatic heterocycles. The highest BCUT2D eigenvalue weighted by Gasteiger charge is 2.10. The number of nitrogens with one attached hydrogen (secondary N) is 2. The van der Waals surface area contributed by atoms with Crippen molar-refractivity contribution in [3.63, 3.8) is 0 Å². The zero-order valence-electron chi connectivity index (χ0n) is 16.2. The monoisotopic (exact) mass is 413 g/mol. The minimum absolute atomic E-state index is 0.0176. The van der Waals surface area contributed by atoms with Crippen LogP contribution in [-0.4, -0.2) is 22.6 Å². The molecule has 0 saturated carbocycles. The fourth-order valence-corrected chi connectivity index (χ4v) is 4.67. The summed E-state index contributed by atoms with van der Waals surface area (Å²) >= 11 is 2.94. The molecule has 2 amide bonds. The van der Waals surface area contributed by atoms with E-state index in [2.05, 4.69) is 15.6 Å². The minimum Gasteiger partial charge on any atom is -0.326 e. The highest BCUT2D eigenvalue weighted by molar-refractivity contribution is 8.01. The summed E-state index contributed by atoms with van der Waals surface area (Å²) in [6, 6.07) is 11.6. The Labute approximate surface area is 172 Å². The molecule has 0 radical (unpaired) electrons. The van der Waals surface area contributed by atoms with Crippen molar-refractivity contribution < 1.29 is 9.59 Å². The van der Waals surface area contributed by atoms with Gasteiger partial charge in [0.15, 0.2) is 4.34 Å². The number of aromatic nitrogens is 1. The van der Waals surface area contributed by atoms with Crippen molar-refractivity contribution in [1.82, 2.24) is 4.98 Å². The lowest BCUT2D eigenvalue weighted by atomic mass is 10.1. The molecule has 0 spiro atoms. The molecule has 5 nitrogen and oxygen atoms in total. The Morgan fingerprint density at radius 1 is 1.07 bits per heavy atom. The molecule has 1 heterocycles. The van der Waals surface area contributed by atoms with Crippen LogP contribution in [0.4, 0.5) is 11.4 Å². The molecule has 0 saturated heterocycles. The first-order valence-corrected chi connectivity index (χ1v) is 10.9. The third kappa shape index (κ3) is 5.33. The largest absolute Gasteiger partial charge is 0.326 e. The number of carbonyl (C=O) groups is 2. The van der Waals surface area contributed by atoms with E-state index >= 15 is 0 Å². The predicted octanol–water partition coefficient (Wildman–Crippen LogP) is 5.38. The Balaban J connectivity index is 1.61. The van der Waals surface area contributed by atoms with Crippen LogP contribution in [0.25, 0.3) is 10.2 Å². The highest BCUT2D eigenvalue weighted by Crippen LogP contribution is 2.31. The maximum absolute atomic E-state index is 12.3. The average molecular weight is 414 g/mol. The topological polar surface area (TPSA) is 71.1 Å². The summed E-state index contributed by atoms with van der Waals surface area (Å²) in [5, 5.41) is 5.85. The Hall–Kier alpha value is -2.38. The van der Waals surface area contributed by atoms with E-state index in [4.69, 9.17) is 0 Å². The summed E-state index contributed by atoms with van der Waals surface area (Å²) in [4.78, 5) is 28.6. The van der Waals surface area contributed by atoms with Gasteiger partial charge in [-0.15, -0.1) is 11.3 Å². The van der Waals surface area contributed by atoms with Crippen molar-refractivity contribution in [2.45, 2.75) is 38.0 Å². The van der Waals surface area contributed by atoms with Crippen LogP contribution < -0.4 is 10.6 Å². The normalized spacial score (nSPS) is 10.8. The minimum atomic E-state index is -0.0521. The van der Waals surface area contributed by atoms with Gasteiger partial charge in [0.05, 0.1) is 16.0 Å². The van der Waals surface area contributed by atoms with Gasteiger partial charge in [0, 0.05) is 17.8 Å². The van der Waals surface area contributed by atoms with Gasteiger partial charge in [-0.25, -0.2) is 4.98 Å². The van der Waals surface area contributed by atoms with Gasteiger partial charge >= 0.3 is 0 Å². The number of hydrogen-bond donors (Lipinski definition) is 2. The van der Waals surface area contributed by atoms with Crippen molar-refractivity contribution in [2.24, 2.45) is 0 Å². The molecule has 0 aliphatic carbocycles. The third-order valence-electron chi connectivity index (χ3n) is 4.11. The first-order valence-electron chi connectivity index (χ1n) is 9.15. The average Bonchev–Trinajstić information content (AvgIpc) is 3.05. The van der Waals surface area contributed by atoms with Crippen LogP contribution in [0.3, 0.4) is 0 Å². The van der Waals surface area contributed by atoms with Crippen LogP contribution in [0, 0.1) is 13.8 Å². The lowest BCUT2D eigenvalue weighted by molar-refractivity contribution is -0.116. The van der Waals surface area contributed by atoms with Gasteiger partial charge < -0.3 is 10.6 Å². The van der Waals surface area contributed by atoms with E-state index < -0.39 is 0 Å². The Morgan fingerprint density at radius 3 is 2.64 bits per heavy atom. The SMILES string of the molecule is CCCC(=O)Nc1ccc2nc(SCC(=O)Nc3ccc(C)cc3C)sc2c1. The summed E-state index contributed by atoms with van der Waals surface area (Å²) in [5.41, 5.74) is 4.71. The molecule has 0 unspecified atom stereocenters. The summed E-state index contributed by atoms with van der Waals surface area (Å²) in [5.74, 6) is 0.264. The summed E-state index contributed by atoms with van der Waals surface area (Å²) in [6.07, 6.45) is 1.33. The van der Waals surface area contributed by atoms with E-state index in [0.717, 1.165) is 37.9 Å². The Morgan fingerprint density at radius 2 is 1.89 bits per heavy atom. The summed E-state index contributed by atoms with van der Waals surface area (Å²) < 4.78 is 1.83. The maximum atomic E-state index is 12.3. The van der Waals surface area contributed by atoms with Gasteiger partial charge in [0.1, 0.15) is 0 Å². The van der Waals surface area contributed by atoms with Gasteiger partial charge in [-0.05, 0) is 50.1 Å². The van der Waals surface area contributed by atoms with Gasteiger partial charge in [-0.1, -0.05) is 36.4 Å². The number of fused-ring (bicyclic) bond motifs is 1. The third-order valence-corrected chi connectivity index (χ3v) is 6.27. The highest BCUT2D eigenvalue weighted by atomic mass is 32.2. The van der Waals surface area contributed by atoms with Crippen LogP contribution in [-0.2, 0) is 9.59 Å². The summed E-state index contributed by atoms with van der Waals surface area (Å²) in [7, 11) is 0. The molecule has 3 aromatic rings. The quantitative estimate of drug-likeness (QED) is 0.510. The maximum Gasteiger partial charge on any atom is 0.234 e. The van der Waals surface area contributed by atoms with E-state index in [0.29, 0.717) is 12.2 Å². The van der Waals surface area contributed by atoms with Crippen LogP contribution in [0.1, 0.15) is 30.9 Å². The van der Waals surface area contributed by atoms with E-state index in [1.165, 1.54) is 28.7 Å². The zero-order chi connectivity index (χ0) is 20.1. The molecule has 146 valence electrons. The Bertz CT molecular complexity index is 1010. The second-order valence-corrected chi connectivity index (χ2v) is 8.87. The number of benzene rings is 2. The van der Waals surface area contributed by atoms with Crippen LogP contribution in [0.2, 0.25) is 0 Å². The molecule has 1 aromatic heterocycles. The molecule has 2 aromatic carbocycles. The molecule has 0 atom stereocenters. The first-order chi connectivity index (χ1) is 13.4. The standard InChI is InChI=1S/C21H23N3O2S2/c1-4-5-19(25)22-15-7-9-17-18(11-15)28-21(24-17)27-12-20(26)23-16-8-6-13(2)10-14(16)3/h6-11H,4-5,12H2,1-3H3,(H,22,25)(H,23,26). The van der Waals surface area contributed by atoms with Gasteiger partial charge in [0.2, 0.25) is 11.8 Å². The van der Waals surface area contributed by atoms with Crippen LogP contribution in [0.15, 0.2) is 40.7 Å². The fraction of sp³-hybridized carbons (Fsp3) is 0.286. The smallest absolute Gasteiger partial charge is 0.234 e. The van der Waals surface area contributed by atoms with Gasteiger partial charge in [-0.2, -0.15) is 0 Å². The number of hydrogen-bond acceptors (Lipinski definition) is 5. The van der Waals surface area contributed by atoms with Crippen molar-refractivity contribution in [2.75, 3.05) is 16.4 Å². The lowest BCUT2D eigenvalue weighted by Crippen LogP contribution is -2.14. The number of thiazole rings is 1. The van der Waals surface area contributed by atoms with Crippen molar-refractivity contribution >= 4 is 56.5 Å². The number of thioether (sulfide) groups is 1. The Kier molecular flexibility index (Phi) is 6.70. The molecule has 0 fully saturated rings. The molecule has 28 heavy (non-hydrogen) atoms. The molecule has 7 heteroatoms. The van der Waals surface area contributed by atoms with E-state index in [1.807, 2.05) is 57.2 Å². The van der Waals surface area contributed by atoms with Crippen molar-refractivity contribution in [3.8, 4) is 0 Å². The fourth-order valence-electron chi connectivity index (χ4n) is 2.76. The van der Waals surface area contributed by atoms with E-state index in [9.17, 15) is 9.59 Å². The van der Waals surface area contributed by atoms with E-state index in [-0.39, 0.29) is 11.8 Å². The van der Waals surface area contributed by atoms with Gasteiger partial charge in [-0.3, -0.25) is 9.59 Å². The number of carbonyl (C=O) groups excluding carboxylic acids is 2. The number of amides is 2. The second kappa shape index (κ2) is 9.21. The molecular formula is C21H23N3O2S2. The molecule has 0 bridgehead atoms. The first kappa shape index (κ1) is 20.4. The second-order valence-electron chi connectivity index (χ2n) is 6.62. The predicted molar refractivity (Wildman–Crippen MR) is 118 cm³/mol. The molecular weight excluding hydrogens is 390 g/mol. The van der Waals surface area contributed by atoms with Crippen LogP contribution in [0.5, 0.6) is 0 Å². The molecule has 3 rings (SSSR count). The van der Waals surface area contributed by atoms with Crippen molar-refractivity contribution in [3.05, 3.63) is 47.5 Å². The van der Waals surface area contributed by atoms with Gasteiger partial charge in [0.25, 0.3) is 0 Å². The number of anilines is 2. The number of rotatable bonds is 7. The zero-order valence-corrected chi connectivity index (χ0v) is 17.8. The van der Waals surface area contributed by atoms with E-state index in [1.54, 1.807) is 0 Å². The van der Waals surface area contributed by atoms with Crippen molar-refractivity contribution in [1.29, 1.82) is 0 Å². The molecule has 0 aliphatic rings. The molecule has 2 N–H and O–H groups in total. The number of nitrogens with zero attached hydrogens (tertiary/aromatic N) is 1. The summed E-state index contributed by atoms with van der Waals surface area (Å²) in [6.45, 7) is 5.99. The lowest BCUT2D eigenvalue weighted by Gasteiger charge is -2.08. The number of aryl methyl sites for hydroxylation is 2. The van der Waals surface area contributed by atoms with Crippen LogP contribution >= 0.6 is 23.1 Å².